The van der Waals surface area contributed by atoms with Gasteiger partial charge in [-0.1, -0.05) is 30.7 Å². The molecule has 3 rings (SSSR count). The number of carbonyl (C=O) groups is 1. The van der Waals surface area contributed by atoms with E-state index in [4.69, 9.17) is 0 Å². The molecule has 1 aromatic rings. The van der Waals surface area contributed by atoms with Crippen molar-refractivity contribution in [2.24, 2.45) is 0 Å². The Morgan fingerprint density at radius 3 is 2.91 bits per heavy atom. The molecule has 0 spiro atoms. The van der Waals surface area contributed by atoms with E-state index in [1.165, 1.54) is 36.9 Å². The second-order valence-electron chi connectivity index (χ2n) is 6.57. The minimum absolute atomic E-state index is 0.0331. The van der Waals surface area contributed by atoms with Crippen molar-refractivity contribution in [1.29, 1.82) is 0 Å². The zero-order valence-corrected chi connectivity index (χ0v) is 14.7. The fraction of sp³-hybridized carbons (Fsp3) is 0.611. The van der Waals surface area contributed by atoms with Crippen molar-refractivity contribution >= 4 is 17.7 Å². The molecule has 23 heavy (non-hydrogen) atoms. The number of nitrogens with one attached hydrogen (secondary N) is 2. The van der Waals surface area contributed by atoms with Crippen LogP contribution in [0.1, 0.15) is 37.3 Å². The molecule has 0 unspecified atom stereocenters. The molecule has 2 fully saturated rings. The highest BCUT2D eigenvalue weighted by Crippen LogP contribution is 2.21. The molecule has 0 aromatic heterocycles. The molecule has 2 saturated heterocycles. The normalized spacial score (nSPS) is 25.4. The highest BCUT2D eigenvalue weighted by molar-refractivity contribution is 7.99. The number of hydrogen-bond donors (Lipinski definition) is 2. The molecule has 2 aliphatic rings. The van der Waals surface area contributed by atoms with Gasteiger partial charge in [-0.15, -0.1) is 11.8 Å². The molecule has 1 amide bonds. The summed E-state index contributed by atoms with van der Waals surface area (Å²) in [5.74, 6) is 1.87. The van der Waals surface area contributed by atoms with E-state index in [-0.39, 0.29) is 11.9 Å². The Bertz CT molecular complexity index is 531. The van der Waals surface area contributed by atoms with E-state index in [9.17, 15) is 4.79 Å². The first kappa shape index (κ1) is 16.8. The molecule has 5 heteroatoms. The smallest absolute Gasteiger partial charge is 0.238 e. The minimum Gasteiger partial charge on any atom is -0.351 e. The maximum Gasteiger partial charge on any atom is 0.238 e. The lowest BCUT2D eigenvalue weighted by molar-refractivity contribution is -0.122. The van der Waals surface area contributed by atoms with Crippen LogP contribution in [0.15, 0.2) is 24.3 Å². The zero-order valence-electron chi connectivity index (χ0n) is 13.9. The molecular formula is C18H27N3OS. The lowest BCUT2D eigenvalue weighted by Gasteiger charge is -2.33. The Labute approximate surface area is 143 Å². The molecule has 0 aliphatic carbocycles. The Morgan fingerprint density at radius 2 is 2.17 bits per heavy atom. The van der Waals surface area contributed by atoms with Gasteiger partial charge in [-0.3, -0.25) is 15.0 Å². The Kier molecular flexibility index (Phi) is 5.97. The maximum absolute atomic E-state index is 12.2. The molecule has 2 aliphatic heterocycles. The van der Waals surface area contributed by atoms with Gasteiger partial charge in [0.05, 0.1) is 6.04 Å². The molecule has 0 saturated carbocycles. The van der Waals surface area contributed by atoms with E-state index in [2.05, 4.69) is 46.7 Å². The molecule has 2 heterocycles. The van der Waals surface area contributed by atoms with Crippen LogP contribution in [0.3, 0.4) is 0 Å². The van der Waals surface area contributed by atoms with Crippen LogP contribution in [0.4, 0.5) is 0 Å². The van der Waals surface area contributed by atoms with E-state index >= 15 is 0 Å². The van der Waals surface area contributed by atoms with Crippen LogP contribution in [-0.4, -0.2) is 41.1 Å². The van der Waals surface area contributed by atoms with Crippen molar-refractivity contribution in [1.82, 2.24) is 15.5 Å². The van der Waals surface area contributed by atoms with Crippen LogP contribution in [0, 0.1) is 0 Å². The Morgan fingerprint density at radius 1 is 1.35 bits per heavy atom. The van der Waals surface area contributed by atoms with Crippen LogP contribution in [0.5, 0.6) is 0 Å². The average Bonchev–Trinajstić information content (AvgIpc) is 3.10. The summed E-state index contributed by atoms with van der Waals surface area (Å²) in [6, 6.07) is 9.13. The van der Waals surface area contributed by atoms with E-state index in [0.29, 0.717) is 12.6 Å². The lowest BCUT2D eigenvalue weighted by atomic mass is 10.0. The third-order valence-electron chi connectivity index (χ3n) is 4.92. The summed E-state index contributed by atoms with van der Waals surface area (Å²) in [6.45, 7) is 5.13. The van der Waals surface area contributed by atoms with Crippen LogP contribution in [0.2, 0.25) is 0 Å². The van der Waals surface area contributed by atoms with Gasteiger partial charge in [0.2, 0.25) is 5.91 Å². The van der Waals surface area contributed by atoms with Crippen LogP contribution in [0.25, 0.3) is 0 Å². The summed E-state index contributed by atoms with van der Waals surface area (Å²) >= 11 is 1.78. The highest BCUT2D eigenvalue weighted by atomic mass is 32.2. The average molecular weight is 334 g/mol. The highest BCUT2D eigenvalue weighted by Gasteiger charge is 2.23. The van der Waals surface area contributed by atoms with Crippen molar-refractivity contribution in [2.75, 3.05) is 18.2 Å². The second-order valence-corrected chi connectivity index (χ2v) is 7.60. The first-order valence-electron chi connectivity index (χ1n) is 8.63. The van der Waals surface area contributed by atoms with Gasteiger partial charge in [0.1, 0.15) is 0 Å². The van der Waals surface area contributed by atoms with Crippen molar-refractivity contribution in [2.45, 2.75) is 51.4 Å². The van der Waals surface area contributed by atoms with Gasteiger partial charge in [-0.25, -0.2) is 0 Å². The van der Waals surface area contributed by atoms with Crippen LogP contribution >= 0.6 is 11.8 Å². The molecule has 0 bridgehead atoms. The van der Waals surface area contributed by atoms with Gasteiger partial charge in [0, 0.05) is 30.8 Å². The number of nitrogens with zero attached hydrogens (tertiary/aromatic N) is 1. The summed E-state index contributed by atoms with van der Waals surface area (Å²) in [5, 5.41) is 6.32. The largest absolute Gasteiger partial charge is 0.351 e. The number of thioether (sulfide) groups is 1. The predicted molar refractivity (Wildman–Crippen MR) is 96.3 cm³/mol. The van der Waals surface area contributed by atoms with Gasteiger partial charge < -0.3 is 5.32 Å². The maximum atomic E-state index is 12.2. The number of piperidine rings is 1. The van der Waals surface area contributed by atoms with E-state index in [1.807, 2.05) is 0 Å². The fourth-order valence-corrected chi connectivity index (χ4v) is 4.31. The quantitative estimate of drug-likeness (QED) is 0.868. The second kappa shape index (κ2) is 8.18. The minimum atomic E-state index is -0.0331. The monoisotopic (exact) mass is 333 g/mol. The predicted octanol–water partition coefficient (Wildman–Crippen LogP) is 2.34. The molecule has 0 radical (unpaired) electrons. The topological polar surface area (TPSA) is 44.4 Å². The third-order valence-corrected chi connectivity index (χ3v) is 5.86. The number of rotatable bonds is 5. The van der Waals surface area contributed by atoms with E-state index in [0.717, 1.165) is 18.2 Å². The van der Waals surface area contributed by atoms with E-state index < -0.39 is 0 Å². The SMILES string of the molecule is C[C@@H]1CCCCN1Cc1ccccc1CNC(=O)[C@@H]1CSCN1. The third kappa shape index (κ3) is 4.49. The number of benzene rings is 1. The van der Waals surface area contributed by atoms with Gasteiger partial charge in [0.25, 0.3) is 0 Å². The first-order chi connectivity index (χ1) is 11.2. The molecule has 2 N–H and O–H groups in total. The number of carbonyl (C=O) groups excluding carboxylic acids is 1. The molecule has 126 valence electrons. The van der Waals surface area contributed by atoms with Crippen molar-refractivity contribution in [3.63, 3.8) is 0 Å². The first-order valence-corrected chi connectivity index (χ1v) is 9.79. The van der Waals surface area contributed by atoms with Gasteiger partial charge >= 0.3 is 0 Å². The summed E-state index contributed by atoms with van der Waals surface area (Å²) in [6.07, 6.45) is 3.94. The summed E-state index contributed by atoms with van der Waals surface area (Å²) < 4.78 is 0. The van der Waals surface area contributed by atoms with E-state index in [1.54, 1.807) is 11.8 Å². The summed E-state index contributed by atoms with van der Waals surface area (Å²) in [7, 11) is 0. The Balaban J connectivity index is 1.59. The molecule has 1 aromatic carbocycles. The van der Waals surface area contributed by atoms with Gasteiger partial charge in [0.15, 0.2) is 0 Å². The lowest BCUT2D eigenvalue weighted by Crippen LogP contribution is -2.42. The molecule has 2 atom stereocenters. The van der Waals surface area contributed by atoms with Crippen molar-refractivity contribution < 1.29 is 4.79 Å². The Hall–Kier alpha value is -1.04. The molecular weight excluding hydrogens is 306 g/mol. The number of amides is 1. The van der Waals surface area contributed by atoms with Crippen LogP contribution < -0.4 is 10.6 Å². The van der Waals surface area contributed by atoms with Crippen molar-refractivity contribution in [3.8, 4) is 0 Å². The summed E-state index contributed by atoms with van der Waals surface area (Å²) in [4.78, 5) is 14.7. The zero-order chi connectivity index (χ0) is 16.1. The van der Waals surface area contributed by atoms with Gasteiger partial charge in [-0.05, 0) is 37.4 Å². The van der Waals surface area contributed by atoms with Crippen LogP contribution in [-0.2, 0) is 17.9 Å². The summed E-state index contributed by atoms with van der Waals surface area (Å²) in [5.41, 5.74) is 2.58. The number of likely N-dealkylation sites (tertiary alicyclic amines) is 1. The van der Waals surface area contributed by atoms with Gasteiger partial charge in [-0.2, -0.15) is 0 Å². The van der Waals surface area contributed by atoms with Crippen molar-refractivity contribution in [3.05, 3.63) is 35.4 Å². The standard InChI is InChI=1S/C18H27N3OS/c1-14-6-4-5-9-21(14)11-16-8-3-2-7-15(16)10-19-18(22)17-12-23-13-20-17/h2-3,7-8,14,17,20H,4-6,9-13H2,1H3,(H,19,22)/t14-,17+/m1/s1. The fourth-order valence-electron chi connectivity index (χ4n) is 3.36. The molecule has 4 nitrogen and oxygen atoms in total. The number of hydrogen-bond acceptors (Lipinski definition) is 4.